The second kappa shape index (κ2) is 8.07. The molecule has 1 aromatic carbocycles. The van der Waals surface area contributed by atoms with Gasteiger partial charge < -0.3 is 9.64 Å². The van der Waals surface area contributed by atoms with Crippen LogP contribution >= 0.6 is 0 Å². The minimum atomic E-state index is -0.0293. The number of aromatic amines is 1. The topological polar surface area (TPSA) is 61.5 Å². The Morgan fingerprint density at radius 2 is 2.08 bits per heavy atom. The van der Waals surface area contributed by atoms with Gasteiger partial charge in [0.1, 0.15) is 12.4 Å². The molecule has 2 aromatic rings. The van der Waals surface area contributed by atoms with Crippen LogP contribution in [0.1, 0.15) is 16.8 Å². The fourth-order valence-corrected chi connectivity index (χ4v) is 3.15. The number of nitrogens with one attached hydrogen (secondary N) is 1. The summed E-state index contributed by atoms with van der Waals surface area (Å²) in [7, 11) is 3.75. The van der Waals surface area contributed by atoms with Crippen molar-refractivity contribution < 1.29 is 4.74 Å². The van der Waals surface area contributed by atoms with E-state index in [4.69, 9.17) is 11.2 Å². The minimum Gasteiger partial charge on any atom is -0.481 e. The number of ether oxygens (including phenoxy) is 1. The van der Waals surface area contributed by atoms with E-state index in [0.29, 0.717) is 12.4 Å². The number of nitrogens with zero attached hydrogens (tertiary/aromatic N) is 3. The molecule has 3 rings (SSSR count). The molecular formula is C20H24N4O2. The number of benzene rings is 1. The molecule has 0 radical (unpaired) electrons. The lowest BCUT2D eigenvalue weighted by Gasteiger charge is -2.21. The van der Waals surface area contributed by atoms with Gasteiger partial charge in [0.25, 0.3) is 5.56 Å². The van der Waals surface area contributed by atoms with Crippen molar-refractivity contribution in [2.45, 2.75) is 19.4 Å². The maximum absolute atomic E-state index is 12.4. The molecular weight excluding hydrogens is 328 g/mol. The monoisotopic (exact) mass is 352 g/mol. The van der Waals surface area contributed by atoms with Crippen molar-refractivity contribution >= 4 is 5.95 Å². The molecule has 1 N–H and O–H groups in total. The summed E-state index contributed by atoms with van der Waals surface area (Å²) in [5.74, 6) is 3.93. The molecule has 0 spiro atoms. The molecule has 0 bridgehead atoms. The lowest BCUT2D eigenvalue weighted by atomic mass is 10.1. The zero-order valence-electron chi connectivity index (χ0n) is 15.3. The molecule has 6 heteroatoms. The zero-order chi connectivity index (χ0) is 18.5. The van der Waals surface area contributed by atoms with Crippen LogP contribution in [0, 0.1) is 12.3 Å². The van der Waals surface area contributed by atoms with Crippen molar-refractivity contribution in [2.75, 3.05) is 38.7 Å². The molecule has 26 heavy (non-hydrogen) atoms. The fraction of sp³-hybridized carbons (Fsp3) is 0.400. The van der Waals surface area contributed by atoms with E-state index >= 15 is 0 Å². The highest BCUT2D eigenvalue weighted by Crippen LogP contribution is 2.21. The lowest BCUT2D eigenvalue weighted by Crippen LogP contribution is -2.26. The molecule has 0 fully saturated rings. The zero-order valence-corrected chi connectivity index (χ0v) is 15.3. The molecule has 2 heterocycles. The number of para-hydroxylation sites is 1. The highest BCUT2D eigenvalue weighted by Gasteiger charge is 2.20. The summed E-state index contributed by atoms with van der Waals surface area (Å²) >= 11 is 0. The molecule has 0 unspecified atom stereocenters. The van der Waals surface area contributed by atoms with Gasteiger partial charge in [-0.3, -0.25) is 14.7 Å². The fourth-order valence-electron chi connectivity index (χ4n) is 3.15. The van der Waals surface area contributed by atoms with Crippen molar-refractivity contribution in [3.8, 4) is 18.1 Å². The standard InChI is InChI=1S/C20H24N4O2/c1-4-13-26-18-8-6-5-7-15(18)14-24-11-9-16-17(10-12-24)21-20(23(2)3)22-19(16)25/h1,5-8H,9-14H2,2-3H3,(H,21,22,25). The van der Waals surface area contributed by atoms with Gasteiger partial charge >= 0.3 is 0 Å². The summed E-state index contributed by atoms with van der Waals surface area (Å²) in [6, 6.07) is 7.94. The van der Waals surface area contributed by atoms with E-state index in [-0.39, 0.29) is 12.2 Å². The SMILES string of the molecule is C#CCOc1ccccc1CN1CCc2nc(N(C)C)[nH]c(=O)c2CC1. The number of hydrogen-bond donors (Lipinski definition) is 1. The van der Waals surface area contributed by atoms with E-state index in [2.05, 4.69) is 26.9 Å². The summed E-state index contributed by atoms with van der Waals surface area (Å²) in [6.07, 6.45) is 6.75. The molecule has 136 valence electrons. The summed E-state index contributed by atoms with van der Waals surface area (Å²) in [5.41, 5.74) is 2.77. The van der Waals surface area contributed by atoms with Gasteiger partial charge in [-0.1, -0.05) is 24.1 Å². The molecule has 1 aliphatic heterocycles. The minimum absolute atomic E-state index is 0.0293. The predicted molar refractivity (Wildman–Crippen MR) is 103 cm³/mol. The van der Waals surface area contributed by atoms with E-state index in [1.807, 2.05) is 37.2 Å². The first-order valence-electron chi connectivity index (χ1n) is 8.74. The number of rotatable bonds is 5. The molecule has 1 aromatic heterocycles. The van der Waals surface area contributed by atoms with Crippen LogP contribution in [0.2, 0.25) is 0 Å². The van der Waals surface area contributed by atoms with E-state index in [1.165, 1.54) is 0 Å². The third-order valence-electron chi connectivity index (χ3n) is 4.53. The van der Waals surface area contributed by atoms with Crippen LogP contribution in [-0.2, 0) is 19.4 Å². The quantitative estimate of drug-likeness (QED) is 0.826. The number of aromatic nitrogens is 2. The number of hydrogen-bond acceptors (Lipinski definition) is 5. The van der Waals surface area contributed by atoms with Crippen LogP contribution in [0.15, 0.2) is 29.1 Å². The van der Waals surface area contributed by atoms with Crippen molar-refractivity contribution in [1.29, 1.82) is 0 Å². The van der Waals surface area contributed by atoms with Gasteiger partial charge in [-0.2, -0.15) is 0 Å². The first kappa shape index (κ1) is 18.0. The average Bonchev–Trinajstić information content (AvgIpc) is 2.84. The number of H-pyrrole nitrogens is 1. The maximum atomic E-state index is 12.4. The van der Waals surface area contributed by atoms with Crippen LogP contribution in [0.5, 0.6) is 5.75 Å². The number of terminal acetylenes is 1. The average molecular weight is 352 g/mol. The Morgan fingerprint density at radius 3 is 2.85 bits per heavy atom. The Hall–Kier alpha value is -2.78. The smallest absolute Gasteiger partial charge is 0.255 e. The Balaban J connectivity index is 1.75. The molecule has 0 saturated heterocycles. The van der Waals surface area contributed by atoms with Crippen LogP contribution in [-0.4, -0.2) is 48.7 Å². The van der Waals surface area contributed by atoms with Crippen molar-refractivity contribution in [3.63, 3.8) is 0 Å². The van der Waals surface area contributed by atoms with Crippen molar-refractivity contribution in [2.24, 2.45) is 0 Å². The van der Waals surface area contributed by atoms with Crippen LogP contribution in [0.3, 0.4) is 0 Å². The van der Waals surface area contributed by atoms with Crippen molar-refractivity contribution in [1.82, 2.24) is 14.9 Å². The van der Waals surface area contributed by atoms with Crippen LogP contribution in [0.4, 0.5) is 5.95 Å². The van der Waals surface area contributed by atoms with Gasteiger partial charge in [-0.25, -0.2) is 4.98 Å². The van der Waals surface area contributed by atoms with E-state index in [1.54, 1.807) is 0 Å². The number of anilines is 1. The molecule has 6 nitrogen and oxygen atoms in total. The summed E-state index contributed by atoms with van der Waals surface area (Å²) in [5, 5.41) is 0. The van der Waals surface area contributed by atoms with Gasteiger partial charge in [0.2, 0.25) is 5.95 Å². The Labute approximate surface area is 153 Å². The Kier molecular flexibility index (Phi) is 5.59. The summed E-state index contributed by atoms with van der Waals surface area (Å²) in [6.45, 7) is 2.67. The first-order valence-corrected chi connectivity index (χ1v) is 8.74. The van der Waals surface area contributed by atoms with E-state index in [9.17, 15) is 4.79 Å². The van der Waals surface area contributed by atoms with Gasteiger partial charge in [-0.15, -0.1) is 6.42 Å². The Morgan fingerprint density at radius 1 is 1.31 bits per heavy atom. The molecule has 0 atom stereocenters. The third kappa shape index (κ3) is 4.06. The second-order valence-electron chi connectivity index (χ2n) is 6.59. The van der Waals surface area contributed by atoms with Gasteiger partial charge in [0, 0.05) is 51.3 Å². The summed E-state index contributed by atoms with van der Waals surface area (Å²) < 4.78 is 5.65. The van der Waals surface area contributed by atoms with E-state index < -0.39 is 0 Å². The highest BCUT2D eigenvalue weighted by molar-refractivity contribution is 5.34. The van der Waals surface area contributed by atoms with Gasteiger partial charge in [0.15, 0.2) is 0 Å². The van der Waals surface area contributed by atoms with Gasteiger partial charge in [0.05, 0.1) is 5.69 Å². The molecule has 0 saturated carbocycles. The third-order valence-corrected chi connectivity index (χ3v) is 4.53. The maximum Gasteiger partial charge on any atom is 0.255 e. The van der Waals surface area contributed by atoms with Crippen LogP contribution < -0.4 is 15.2 Å². The highest BCUT2D eigenvalue weighted by atomic mass is 16.5. The Bertz CT molecular complexity index is 867. The molecule has 0 amide bonds. The van der Waals surface area contributed by atoms with E-state index in [0.717, 1.165) is 48.6 Å². The first-order chi connectivity index (χ1) is 12.6. The second-order valence-corrected chi connectivity index (χ2v) is 6.59. The largest absolute Gasteiger partial charge is 0.481 e. The predicted octanol–water partition coefficient (Wildman–Crippen LogP) is 1.45. The summed E-state index contributed by atoms with van der Waals surface area (Å²) in [4.78, 5) is 24.0. The van der Waals surface area contributed by atoms with Crippen LogP contribution in [0.25, 0.3) is 0 Å². The van der Waals surface area contributed by atoms with Gasteiger partial charge in [-0.05, 0) is 12.5 Å². The number of fused-ring (bicyclic) bond motifs is 1. The molecule has 1 aliphatic rings. The molecule has 0 aliphatic carbocycles. The van der Waals surface area contributed by atoms with Crippen molar-refractivity contribution in [3.05, 3.63) is 51.4 Å². The normalized spacial score (nSPS) is 14.2. The lowest BCUT2D eigenvalue weighted by molar-refractivity contribution is 0.271.